The van der Waals surface area contributed by atoms with E-state index in [1.165, 1.54) is 42.5 Å². The Morgan fingerprint density at radius 1 is 1.00 bits per heavy atom. The number of ether oxygens (including phenoxy) is 2. The van der Waals surface area contributed by atoms with Crippen LogP contribution in [0.4, 0.5) is 13.2 Å². The first kappa shape index (κ1) is 20.7. The van der Waals surface area contributed by atoms with Crippen LogP contribution >= 0.6 is 0 Å². The van der Waals surface area contributed by atoms with E-state index in [0.29, 0.717) is 5.56 Å². The molecule has 1 N–H and O–H groups in total. The molecule has 28 heavy (non-hydrogen) atoms. The van der Waals surface area contributed by atoms with Crippen molar-refractivity contribution in [2.45, 2.75) is 6.61 Å². The molecular weight excluding hydrogens is 379 g/mol. The third kappa shape index (κ3) is 6.94. The van der Waals surface area contributed by atoms with Gasteiger partial charge < -0.3 is 9.47 Å². The van der Waals surface area contributed by atoms with Gasteiger partial charge in [0.15, 0.2) is 6.61 Å². The zero-order valence-corrected chi connectivity index (χ0v) is 14.2. The van der Waals surface area contributed by atoms with Crippen LogP contribution in [0, 0.1) is 5.82 Å². The van der Waals surface area contributed by atoms with Gasteiger partial charge in [-0.05, 0) is 48.0 Å². The van der Waals surface area contributed by atoms with E-state index in [-0.39, 0.29) is 11.3 Å². The molecule has 0 spiro atoms. The van der Waals surface area contributed by atoms with Gasteiger partial charge in [0, 0.05) is 11.6 Å². The standard InChI is InChI=1S/C19H14F3NO5/c20-14-6-1-12(2-7-14)3-10-17(25)27-11-16(24)23-18(26)13-4-8-15(9-5-13)28-19(21)22/h1-10,19H,11H2,(H,23,24,26)/b10-3+. The number of alkyl halides is 2. The third-order valence-corrected chi connectivity index (χ3v) is 3.22. The van der Waals surface area contributed by atoms with Crippen molar-refractivity contribution in [2.75, 3.05) is 6.61 Å². The Bertz CT molecular complexity index is 864. The van der Waals surface area contributed by atoms with E-state index < -0.39 is 36.8 Å². The number of carbonyl (C=O) groups is 3. The number of hydrogen-bond acceptors (Lipinski definition) is 5. The molecule has 0 radical (unpaired) electrons. The average molecular weight is 393 g/mol. The Morgan fingerprint density at radius 3 is 2.25 bits per heavy atom. The van der Waals surface area contributed by atoms with E-state index in [1.807, 2.05) is 5.32 Å². The maximum atomic E-state index is 12.8. The van der Waals surface area contributed by atoms with E-state index in [9.17, 15) is 27.6 Å². The molecule has 0 aliphatic rings. The van der Waals surface area contributed by atoms with E-state index in [0.717, 1.165) is 18.2 Å². The molecule has 9 heteroatoms. The molecule has 146 valence electrons. The lowest BCUT2D eigenvalue weighted by atomic mass is 10.2. The van der Waals surface area contributed by atoms with Crippen molar-refractivity contribution in [2.24, 2.45) is 0 Å². The van der Waals surface area contributed by atoms with E-state index in [1.54, 1.807) is 0 Å². The Labute approximate surface area is 157 Å². The van der Waals surface area contributed by atoms with Gasteiger partial charge in [-0.2, -0.15) is 8.78 Å². The number of amides is 2. The van der Waals surface area contributed by atoms with Crippen LogP contribution in [0.25, 0.3) is 6.08 Å². The number of halogens is 3. The minimum atomic E-state index is -2.99. The average Bonchev–Trinajstić information content (AvgIpc) is 2.66. The molecule has 0 unspecified atom stereocenters. The summed E-state index contributed by atoms with van der Waals surface area (Å²) in [6.07, 6.45) is 2.41. The Balaban J connectivity index is 1.78. The van der Waals surface area contributed by atoms with Crippen LogP contribution in [0.2, 0.25) is 0 Å². The number of carbonyl (C=O) groups excluding carboxylic acids is 3. The van der Waals surface area contributed by atoms with Gasteiger partial charge in [-0.15, -0.1) is 0 Å². The topological polar surface area (TPSA) is 81.7 Å². The number of hydrogen-bond donors (Lipinski definition) is 1. The fraction of sp³-hybridized carbons (Fsp3) is 0.105. The SMILES string of the molecule is O=C(COC(=O)/C=C/c1ccc(F)cc1)NC(=O)c1ccc(OC(F)F)cc1. The van der Waals surface area contributed by atoms with Crippen LogP contribution in [0.3, 0.4) is 0 Å². The smallest absolute Gasteiger partial charge is 0.387 e. The van der Waals surface area contributed by atoms with Crippen LogP contribution in [0.5, 0.6) is 5.75 Å². The largest absolute Gasteiger partial charge is 0.452 e. The highest BCUT2D eigenvalue weighted by Crippen LogP contribution is 2.14. The van der Waals surface area contributed by atoms with Crippen LogP contribution in [0.1, 0.15) is 15.9 Å². The highest BCUT2D eigenvalue weighted by Gasteiger charge is 2.12. The quantitative estimate of drug-likeness (QED) is 0.578. The molecular formula is C19H14F3NO5. The summed E-state index contributed by atoms with van der Waals surface area (Å²) in [6, 6.07) is 10.0. The van der Waals surface area contributed by atoms with Gasteiger partial charge in [0.05, 0.1) is 0 Å². The van der Waals surface area contributed by atoms with Gasteiger partial charge in [-0.3, -0.25) is 14.9 Å². The Hall–Kier alpha value is -3.62. The molecule has 2 amide bonds. The third-order valence-electron chi connectivity index (χ3n) is 3.22. The van der Waals surface area contributed by atoms with Crippen LogP contribution in [0.15, 0.2) is 54.6 Å². The van der Waals surface area contributed by atoms with Gasteiger partial charge in [0.25, 0.3) is 11.8 Å². The predicted octanol–water partition coefficient (Wildman–Crippen LogP) is 2.94. The number of nitrogens with one attached hydrogen (secondary N) is 1. The first-order chi connectivity index (χ1) is 13.3. The molecule has 2 aromatic rings. The molecule has 0 heterocycles. The second-order valence-corrected chi connectivity index (χ2v) is 5.27. The molecule has 0 aliphatic heterocycles. The summed E-state index contributed by atoms with van der Waals surface area (Å²) in [7, 11) is 0. The number of esters is 1. The zero-order chi connectivity index (χ0) is 20.5. The minimum absolute atomic E-state index is 0.0255. The van der Waals surface area contributed by atoms with Crippen LogP contribution < -0.4 is 10.1 Å². The van der Waals surface area contributed by atoms with Crippen molar-refractivity contribution in [1.82, 2.24) is 5.32 Å². The van der Waals surface area contributed by atoms with Crippen molar-refractivity contribution in [3.8, 4) is 5.75 Å². The molecule has 0 saturated heterocycles. The predicted molar refractivity (Wildman–Crippen MR) is 91.9 cm³/mol. The summed E-state index contributed by atoms with van der Waals surface area (Å²) in [5, 5.41) is 1.98. The molecule has 6 nitrogen and oxygen atoms in total. The maximum absolute atomic E-state index is 12.8. The summed E-state index contributed by atoms with van der Waals surface area (Å²) in [5.41, 5.74) is 0.578. The summed E-state index contributed by atoms with van der Waals surface area (Å²) < 4.78 is 45.7. The van der Waals surface area contributed by atoms with Crippen molar-refractivity contribution in [3.05, 3.63) is 71.6 Å². The maximum Gasteiger partial charge on any atom is 0.387 e. The van der Waals surface area contributed by atoms with Crippen molar-refractivity contribution >= 4 is 23.9 Å². The second kappa shape index (κ2) is 9.91. The van der Waals surface area contributed by atoms with Gasteiger partial charge in [0.1, 0.15) is 11.6 Å². The minimum Gasteiger partial charge on any atom is -0.452 e. The first-order valence-corrected chi connectivity index (χ1v) is 7.83. The molecule has 2 rings (SSSR count). The lowest BCUT2D eigenvalue weighted by Gasteiger charge is -2.06. The Kier molecular flexibility index (Phi) is 7.32. The number of rotatable bonds is 7. The summed E-state index contributed by atoms with van der Waals surface area (Å²) in [6.45, 7) is -3.70. The molecule has 0 bridgehead atoms. The van der Waals surface area contributed by atoms with Crippen molar-refractivity contribution < 1.29 is 37.0 Å². The fourth-order valence-electron chi connectivity index (χ4n) is 1.95. The zero-order valence-electron chi connectivity index (χ0n) is 14.2. The molecule has 0 aromatic heterocycles. The highest BCUT2D eigenvalue weighted by atomic mass is 19.3. The van der Waals surface area contributed by atoms with Gasteiger partial charge in [-0.1, -0.05) is 12.1 Å². The lowest BCUT2D eigenvalue weighted by molar-refractivity contribution is -0.143. The fourth-order valence-corrected chi connectivity index (χ4v) is 1.95. The highest BCUT2D eigenvalue weighted by molar-refractivity contribution is 6.05. The van der Waals surface area contributed by atoms with Crippen molar-refractivity contribution in [3.63, 3.8) is 0 Å². The molecule has 2 aromatic carbocycles. The van der Waals surface area contributed by atoms with E-state index in [4.69, 9.17) is 0 Å². The molecule has 0 aliphatic carbocycles. The normalized spacial score (nSPS) is 10.7. The summed E-state index contributed by atoms with van der Waals surface area (Å²) >= 11 is 0. The van der Waals surface area contributed by atoms with Crippen LogP contribution in [-0.4, -0.2) is 31.0 Å². The van der Waals surface area contributed by atoms with Crippen LogP contribution in [-0.2, 0) is 14.3 Å². The van der Waals surface area contributed by atoms with Crippen molar-refractivity contribution in [1.29, 1.82) is 0 Å². The van der Waals surface area contributed by atoms with Gasteiger partial charge in [0.2, 0.25) is 0 Å². The molecule has 0 saturated carbocycles. The van der Waals surface area contributed by atoms with E-state index >= 15 is 0 Å². The summed E-state index contributed by atoms with van der Waals surface area (Å²) in [4.78, 5) is 35.1. The van der Waals surface area contributed by atoms with Gasteiger partial charge in [-0.25, -0.2) is 9.18 Å². The van der Waals surface area contributed by atoms with E-state index in [2.05, 4.69) is 9.47 Å². The number of imide groups is 1. The number of benzene rings is 2. The molecule has 0 fully saturated rings. The molecule has 0 atom stereocenters. The first-order valence-electron chi connectivity index (χ1n) is 7.83. The lowest BCUT2D eigenvalue weighted by Crippen LogP contribution is -2.34. The Morgan fingerprint density at radius 2 is 1.64 bits per heavy atom. The summed E-state index contributed by atoms with van der Waals surface area (Å²) in [5.74, 6) is -3.06. The monoisotopic (exact) mass is 393 g/mol. The second-order valence-electron chi connectivity index (χ2n) is 5.27. The van der Waals surface area contributed by atoms with Gasteiger partial charge >= 0.3 is 12.6 Å².